The van der Waals surface area contributed by atoms with E-state index < -0.39 is 71.1 Å². The maximum atomic E-state index is 11.4. The standard InChI is InChI=1S/C12H17Cl3O9/c13-5(8(19)20)12(6(14)9(21)22,7(15)10(23)24)11(3-17,4-18)1-2-16/h5-7,16-18H,1-4H2,(H,19,20)(H,21,22)(H,23,24). The van der Waals surface area contributed by atoms with Crippen molar-refractivity contribution in [3.63, 3.8) is 0 Å². The molecule has 0 aliphatic heterocycles. The molecular weight excluding hydrogens is 394 g/mol. The number of alkyl halides is 3. The Balaban J connectivity index is 6.96. The van der Waals surface area contributed by atoms with Gasteiger partial charge in [0.25, 0.3) is 0 Å². The summed E-state index contributed by atoms with van der Waals surface area (Å²) >= 11 is 17.4. The van der Waals surface area contributed by atoms with Gasteiger partial charge in [-0.3, -0.25) is 14.4 Å². The van der Waals surface area contributed by atoms with Crippen LogP contribution in [0.2, 0.25) is 0 Å². The van der Waals surface area contributed by atoms with Gasteiger partial charge in [0, 0.05) is 12.0 Å². The van der Waals surface area contributed by atoms with Crippen LogP contribution in [0.15, 0.2) is 0 Å². The molecule has 0 saturated heterocycles. The van der Waals surface area contributed by atoms with Crippen LogP contribution in [0, 0.1) is 10.8 Å². The molecule has 3 unspecified atom stereocenters. The van der Waals surface area contributed by atoms with Crippen molar-refractivity contribution in [3.8, 4) is 0 Å². The van der Waals surface area contributed by atoms with Crippen molar-refractivity contribution >= 4 is 52.7 Å². The van der Waals surface area contributed by atoms with E-state index in [9.17, 15) is 45.0 Å². The maximum absolute atomic E-state index is 11.4. The molecule has 0 aliphatic carbocycles. The van der Waals surface area contributed by atoms with Gasteiger partial charge in [0.1, 0.15) is 16.1 Å². The monoisotopic (exact) mass is 410 g/mol. The second-order valence-electron chi connectivity index (χ2n) is 5.11. The number of hydrogen-bond donors (Lipinski definition) is 6. The van der Waals surface area contributed by atoms with Crippen LogP contribution in [0.5, 0.6) is 0 Å². The molecule has 0 fully saturated rings. The summed E-state index contributed by atoms with van der Waals surface area (Å²) in [5, 5.41) is 49.4. The van der Waals surface area contributed by atoms with Crippen molar-refractivity contribution in [2.45, 2.75) is 22.6 Å². The molecule has 0 amide bonds. The number of carboxylic acids is 3. The van der Waals surface area contributed by atoms with E-state index in [1.807, 2.05) is 0 Å². The summed E-state index contributed by atoms with van der Waals surface area (Å²) in [6, 6.07) is 0. The van der Waals surface area contributed by atoms with Crippen LogP contribution in [0.25, 0.3) is 0 Å². The largest absolute Gasteiger partial charge is 0.480 e. The molecule has 0 saturated carbocycles. The van der Waals surface area contributed by atoms with E-state index in [1.165, 1.54) is 0 Å². The predicted molar refractivity (Wildman–Crippen MR) is 82.6 cm³/mol. The molecule has 9 nitrogen and oxygen atoms in total. The Morgan fingerprint density at radius 2 is 1.04 bits per heavy atom. The van der Waals surface area contributed by atoms with E-state index in [0.29, 0.717) is 0 Å². The first-order valence-corrected chi connectivity index (χ1v) is 7.74. The molecular formula is C12H17Cl3O9. The lowest BCUT2D eigenvalue weighted by molar-refractivity contribution is -0.160. The Kier molecular flexibility index (Phi) is 8.71. The fraction of sp³-hybridized carbons (Fsp3) is 0.750. The lowest BCUT2D eigenvalue weighted by Crippen LogP contribution is -2.67. The molecule has 0 bridgehead atoms. The molecule has 140 valence electrons. The minimum Gasteiger partial charge on any atom is -0.480 e. The molecule has 0 aromatic carbocycles. The van der Waals surface area contributed by atoms with Gasteiger partial charge in [-0.05, 0) is 6.42 Å². The van der Waals surface area contributed by atoms with Gasteiger partial charge >= 0.3 is 17.9 Å². The first kappa shape index (κ1) is 23.2. The van der Waals surface area contributed by atoms with Crippen LogP contribution in [-0.2, 0) is 14.4 Å². The molecule has 6 N–H and O–H groups in total. The highest BCUT2D eigenvalue weighted by Gasteiger charge is 2.68. The Morgan fingerprint density at radius 1 is 0.750 bits per heavy atom. The summed E-state index contributed by atoms with van der Waals surface area (Å²) in [7, 11) is 0. The first-order valence-electron chi connectivity index (χ1n) is 6.43. The van der Waals surface area contributed by atoms with E-state index in [0.717, 1.165) is 0 Å². The number of aliphatic hydroxyl groups is 3. The van der Waals surface area contributed by atoms with Gasteiger partial charge in [0.15, 0.2) is 0 Å². The number of aliphatic carboxylic acids is 3. The summed E-state index contributed by atoms with van der Waals surface area (Å²) in [6.07, 6.45) is -0.608. The molecule has 0 aromatic heterocycles. The van der Waals surface area contributed by atoms with E-state index in [-0.39, 0.29) is 0 Å². The highest BCUT2D eigenvalue weighted by atomic mass is 35.5. The van der Waals surface area contributed by atoms with Crippen LogP contribution < -0.4 is 0 Å². The summed E-state index contributed by atoms with van der Waals surface area (Å²) in [5.41, 5.74) is -4.98. The number of carboxylic acid groups (broad SMARTS) is 3. The minimum atomic E-state index is -2.76. The average Bonchev–Trinajstić information content (AvgIpc) is 2.53. The Bertz CT molecular complexity index is 430. The van der Waals surface area contributed by atoms with Crippen molar-refractivity contribution in [1.29, 1.82) is 0 Å². The van der Waals surface area contributed by atoms with Crippen molar-refractivity contribution in [2.24, 2.45) is 10.8 Å². The molecule has 12 heteroatoms. The number of hydrogen-bond acceptors (Lipinski definition) is 6. The van der Waals surface area contributed by atoms with E-state index in [1.54, 1.807) is 0 Å². The lowest BCUT2D eigenvalue weighted by atomic mass is 9.56. The zero-order valence-corrected chi connectivity index (χ0v) is 14.4. The third-order valence-corrected chi connectivity index (χ3v) is 5.67. The smallest absolute Gasteiger partial charge is 0.322 e. The number of carbonyl (C=O) groups is 3. The maximum Gasteiger partial charge on any atom is 0.322 e. The van der Waals surface area contributed by atoms with Crippen molar-refractivity contribution in [2.75, 3.05) is 19.8 Å². The van der Waals surface area contributed by atoms with Gasteiger partial charge in [-0.15, -0.1) is 34.8 Å². The number of rotatable bonds is 11. The van der Waals surface area contributed by atoms with Gasteiger partial charge in [0.2, 0.25) is 0 Å². The summed E-state index contributed by atoms with van der Waals surface area (Å²) in [5.74, 6) is -5.58. The summed E-state index contributed by atoms with van der Waals surface area (Å²) in [6.45, 7) is -3.03. The van der Waals surface area contributed by atoms with Gasteiger partial charge in [-0.1, -0.05) is 0 Å². The van der Waals surface area contributed by atoms with Crippen LogP contribution in [-0.4, -0.2) is 84.5 Å². The first-order chi connectivity index (χ1) is 11.0. The third kappa shape index (κ3) is 3.71. The number of halogens is 3. The highest BCUT2D eigenvalue weighted by molar-refractivity contribution is 6.38. The molecule has 0 heterocycles. The zero-order chi connectivity index (χ0) is 19.3. The molecule has 0 aliphatic rings. The van der Waals surface area contributed by atoms with Crippen LogP contribution in [0.3, 0.4) is 0 Å². The average molecular weight is 412 g/mol. The van der Waals surface area contributed by atoms with Crippen molar-refractivity contribution in [3.05, 3.63) is 0 Å². The van der Waals surface area contributed by atoms with Gasteiger partial charge < -0.3 is 30.6 Å². The highest BCUT2D eigenvalue weighted by Crippen LogP contribution is 2.55. The van der Waals surface area contributed by atoms with Crippen molar-refractivity contribution < 1.29 is 45.0 Å². The van der Waals surface area contributed by atoms with E-state index >= 15 is 0 Å². The molecule has 24 heavy (non-hydrogen) atoms. The minimum absolute atomic E-state index is 0.608. The zero-order valence-electron chi connectivity index (χ0n) is 12.1. The second kappa shape index (κ2) is 9.02. The van der Waals surface area contributed by atoms with Crippen molar-refractivity contribution in [1.82, 2.24) is 0 Å². The van der Waals surface area contributed by atoms with E-state index in [2.05, 4.69) is 0 Å². The lowest BCUT2D eigenvalue weighted by Gasteiger charge is -2.52. The van der Waals surface area contributed by atoms with Gasteiger partial charge in [-0.2, -0.15) is 0 Å². The molecule has 0 aromatic rings. The molecule has 3 atom stereocenters. The topological polar surface area (TPSA) is 173 Å². The normalized spacial score (nSPS) is 18.2. The SMILES string of the molecule is O=C(O)C(Cl)C(C(Cl)C(=O)O)(C(Cl)C(=O)O)C(CO)(CO)CCO. The summed E-state index contributed by atoms with van der Waals surface area (Å²) in [4.78, 5) is 34.3. The fourth-order valence-corrected chi connectivity index (χ4v) is 4.36. The second-order valence-corrected chi connectivity index (χ2v) is 6.41. The molecule has 0 rings (SSSR count). The molecule has 0 spiro atoms. The van der Waals surface area contributed by atoms with E-state index in [4.69, 9.17) is 34.8 Å². The van der Waals surface area contributed by atoms with Crippen LogP contribution in [0.4, 0.5) is 0 Å². The van der Waals surface area contributed by atoms with Gasteiger partial charge in [-0.25, -0.2) is 0 Å². The Hall–Kier alpha value is -0.840. The number of aliphatic hydroxyl groups excluding tert-OH is 3. The Labute approximate surface area is 151 Å². The van der Waals surface area contributed by atoms with Gasteiger partial charge in [0.05, 0.1) is 18.6 Å². The third-order valence-electron chi connectivity index (χ3n) is 4.02. The predicted octanol–water partition coefficient (Wildman–Crippen LogP) is -0.598. The van der Waals surface area contributed by atoms with Crippen LogP contribution >= 0.6 is 34.8 Å². The molecule has 0 radical (unpaired) electrons. The Morgan fingerprint density at radius 3 is 1.21 bits per heavy atom. The fourth-order valence-electron chi connectivity index (χ4n) is 2.72. The van der Waals surface area contributed by atoms with Crippen LogP contribution in [0.1, 0.15) is 6.42 Å². The summed E-state index contributed by atoms with van der Waals surface area (Å²) < 4.78 is 0. The quantitative estimate of drug-likeness (QED) is 0.243.